The molecule has 1 aromatic carbocycles. The lowest BCUT2D eigenvalue weighted by atomic mass is 10.1. The molecular weight excluding hydrogens is 480 g/mol. The molecule has 0 aliphatic carbocycles. The number of aromatic nitrogens is 3. The van der Waals surface area contributed by atoms with Crippen LogP contribution in [-0.2, 0) is 0 Å². The van der Waals surface area contributed by atoms with Gasteiger partial charge in [-0.1, -0.05) is 0 Å². The van der Waals surface area contributed by atoms with Crippen molar-refractivity contribution in [1.82, 2.24) is 15.0 Å². The van der Waals surface area contributed by atoms with E-state index in [-0.39, 0.29) is 22.9 Å². The molecule has 2 aliphatic heterocycles. The van der Waals surface area contributed by atoms with Crippen molar-refractivity contribution >= 4 is 45.7 Å². The standard InChI is InChI=1S/C20H25BrN8O3/c21-15-7-8-16(29(31)32)14(17(15)30)13-22-26-18-23-19(27-9-3-1-4-10-27)25-20(24-18)28-11-5-2-6-12-28/h7-8,13,30H,1-6,9-12H2,(H,23,24,25,26)/b22-13+. The third kappa shape index (κ3) is 5.06. The van der Waals surface area contributed by atoms with E-state index < -0.39 is 4.92 Å². The second-order valence-corrected chi connectivity index (χ2v) is 8.66. The Morgan fingerprint density at radius 1 is 1.00 bits per heavy atom. The monoisotopic (exact) mass is 504 g/mol. The molecule has 170 valence electrons. The molecule has 0 bridgehead atoms. The molecule has 0 spiro atoms. The van der Waals surface area contributed by atoms with Gasteiger partial charge in [-0.05, 0) is 60.5 Å². The van der Waals surface area contributed by atoms with Crippen LogP contribution in [0, 0.1) is 10.1 Å². The molecule has 11 nitrogen and oxygen atoms in total. The lowest BCUT2D eigenvalue weighted by Gasteiger charge is -2.30. The number of anilines is 3. The molecule has 2 fully saturated rings. The molecule has 12 heteroatoms. The number of phenolic OH excluding ortho intramolecular Hbond substituents is 1. The van der Waals surface area contributed by atoms with Crippen LogP contribution >= 0.6 is 15.9 Å². The molecular formula is C20H25BrN8O3. The van der Waals surface area contributed by atoms with Crippen LogP contribution in [-0.4, -0.2) is 57.4 Å². The van der Waals surface area contributed by atoms with Gasteiger partial charge in [0.1, 0.15) is 11.3 Å². The van der Waals surface area contributed by atoms with Crippen LogP contribution in [0.2, 0.25) is 0 Å². The maximum atomic E-state index is 11.3. The van der Waals surface area contributed by atoms with E-state index in [1.165, 1.54) is 31.2 Å². The third-order valence-electron chi connectivity index (χ3n) is 5.59. The lowest BCUT2D eigenvalue weighted by Crippen LogP contribution is -2.34. The Balaban J connectivity index is 1.61. The predicted molar refractivity (Wildman–Crippen MR) is 126 cm³/mol. The van der Waals surface area contributed by atoms with E-state index in [1.807, 2.05) is 0 Å². The normalized spacial score (nSPS) is 17.0. The molecule has 32 heavy (non-hydrogen) atoms. The number of rotatable bonds is 6. The van der Waals surface area contributed by atoms with Crippen LogP contribution in [0.25, 0.3) is 0 Å². The van der Waals surface area contributed by atoms with Crippen molar-refractivity contribution in [3.05, 3.63) is 32.3 Å². The van der Waals surface area contributed by atoms with Crippen molar-refractivity contribution in [2.45, 2.75) is 38.5 Å². The number of hydrogen-bond acceptors (Lipinski definition) is 10. The summed E-state index contributed by atoms with van der Waals surface area (Å²) < 4.78 is 0.337. The molecule has 2 aliphatic rings. The summed E-state index contributed by atoms with van der Waals surface area (Å²) in [5, 5.41) is 25.6. The zero-order valence-electron chi connectivity index (χ0n) is 17.6. The number of halogens is 1. The summed E-state index contributed by atoms with van der Waals surface area (Å²) in [6, 6.07) is 2.72. The first-order valence-electron chi connectivity index (χ1n) is 10.7. The average molecular weight is 505 g/mol. The highest BCUT2D eigenvalue weighted by molar-refractivity contribution is 9.10. The summed E-state index contributed by atoms with van der Waals surface area (Å²) in [6.45, 7) is 3.57. The number of phenols is 1. The summed E-state index contributed by atoms with van der Waals surface area (Å²) >= 11 is 3.17. The highest BCUT2D eigenvalue weighted by atomic mass is 79.9. The highest BCUT2D eigenvalue weighted by Crippen LogP contribution is 2.33. The Kier molecular flexibility index (Phi) is 6.98. The number of nitrogens with one attached hydrogen (secondary N) is 1. The van der Waals surface area contributed by atoms with Gasteiger partial charge in [-0.3, -0.25) is 10.1 Å². The Morgan fingerprint density at radius 2 is 1.56 bits per heavy atom. The quantitative estimate of drug-likeness (QED) is 0.343. The van der Waals surface area contributed by atoms with Gasteiger partial charge in [0.25, 0.3) is 5.69 Å². The molecule has 2 aromatic rings. The molecule has 0 atom stereocenters. The summed E-state index contributed by atoms with van der Waals surface area (Å²) in [5.74, 6) is 1.21. The minimum absolute atomic E-state index is 0.0153. The lowest BCUT2D eigenvalue weighted by molar-refractivity contribution is -0.385. The van der Waals surface area contributed by atoms with E-state index in [2.05, 4.69) is 46.2 Å². The van der Waals surface area contributed by atoms with Crippen LogP contribution in [0.3, 0.4) is 0 Å². The van der Waals surface area contributed by atoms with Crippen LogP contribution in [0.4, 0.5) is 23.5 Å². The van der Waals surface area contributed by atoms with Crippen LogP contribution in [0.1, 0.15) is 44.1 Å². The van der Waals surface area contributed by atoms with E-state index >= 15 is 0 Å². The number of benzene rings is 1. The van der Waals surface area contributed by atoms with E-state index in [9.17, 15) is 15.2 Å². The van der Waals surface area contributed by atoms with Gasteiger partial charge in [-0.25, -0.2) is 5.43 Å². The van der Waals surface area contributed by atoms with Gasteiger partial charge in [-0.15, -0.1) is 0 Å². The van der Waals surface area contributed by atoms with Gasteiger partial charge in [0.2, 0.25) is 17.8 Å². The number of hydrazone groups is 1. The van der Waals surface area contributed by atoms with Gasteiger partial charge in [-0.2, -0.15) is 20.1 Å². The highest BCUT2D eigenvalue weighted by Gasteiger charge is 2.21. The maximum absolute atomic E-state index is 11.3. The molecule has 0 amide bonds. The first-order chi connectivity index (χ1) is 15.5. The van der Waals surface area contributed by atoms with Crippen molar-refractivity contribution in [2.75, 3.05) is 41.4 Å². The van der Waals surface area contributed by atoms with Crippen molar-refractivity contribution < 1.29 is 10.0 Å². The molecule has 2 N–H and O–H groups in total. The second kappa shape index (κ2) is 10.1. The number of nitro groups is 1. The topological polar surface area (TPSA) is 133 Å². The number of nitrogens with zero attached hydrogens (tertiary/aromatic N) is 7. The van der Waals surface area contributed by atoms with Gasteiger partial charge in [0.05, 0.1) is 15.6 Å². The Bertz CT molecular complexity index is 970. The zero-order valence-corrected chi connectivity index (χ0v) is 19.2. The zero-order chi connectivity index (χ0) is 22.5. The molecule has 4 rings (SSSR count). The third-order valence-corrected chi connectivity index (χ3v) is 6.23. The molecule has 0 unspecified atom stereocenters. The molecule has 0 saturated carbocycles. The Labute approximate surface area is 193 Å². The second-order valence-electron chi connectivity index (χ2n) is 7.81. The fourth-order valence-corrected chi connectivity index (χ4v) is 4.23. The first-order valence-corrected chi connectivity index (χ1v) is 11.5. The average Bonchev–Trinajstić information content (AvgIpc) is 2.82. The van der Waals surface area contributed by atoms with Crippen LogP contribution < -0.4 is 15.2 Å². The Morgan fingerprint density at radius 3 is 2.09 bits per heavy atom. The van der Waals surface area contributed by atoms with Crippen molar-refractivity contribution in [3.8, 4) is 5.75 Å². The van der Waals surface area contributed by atoms with E-state index in [1.54, 1.807) is 0 Å². The molecule has 0 radical (unpaired) electrons. The van der Waals surface area contributed by atoms with Gasteiger partial charge < -0.3 is 14.9 Å². The number of nitro benzene ring substituents is 1. The fraction of sp³-hybridized carbons (Fsp3) is 0.500. The summed E-state index contributed by atoms with van der Waals surface area (Å²) in [4.78, 5) is 28.8. The van der Waals surface area contributed by atoms with Crippen molar-refractivity contribution in [1.29, 1.82) is 0 Å². The minimum atomic E-state index is -0.570. The fourth-order valence-electron chi connectivity index (χ4n) is 3.89. The minimum Gasteiger partial charge on any atom is -0.506 e. The van der Waals surface area contributed by atoms with Crippen molar-refractivity contribution in [3.63, 3.8) is 0 Å². The number of hydrogen-bond donors (Lipinski definition) is 2. The summed E-state index contributed by atoms with van der Waals surface area (Å²) in [5.41, 5.74) is 2.50. The Hall–Kier alpha value is -3.02. The summed E-state index contributed by atoms with van der Waals surface area (Å²) in [7, 11) is 0. The van der Waals surface area contributed by atoms with Crippen LogP contribution in [0.15, 0.2) is 21.7 Å². The van der Waals surface area contributed by atoms with E-state index in [0.717, 1.165) is 51.9 Å². The maximum Gasteiger partial charge on any atom is 0.282 e. The SMILES string of the molecule is O=[N+]([O-])c1ccc(Br)c(O)c1/C=N/Nc1nc(N2CCCCC2)nc(N2CCCCC2)n1. The van der Waals surface area contributed by atoms with E-state index in [4.69, 9.17) is 4.98 Å². The number of aromatic hydroxyl groups is 1. The number of piperidine rings is 2. The van der Waals surface area contributed by atoms with E-state index in [0.29, 0.717) is 16.4 Å². The predicted octanol–water partition coefficient (Wildman–Crippen LogP) is 3.67. The van der Waals surface area contributed by atoms with Crippen LogP contribution in [0.5, 0.6) is 5.75 Å². The van der Waals surface area contributed by atoms with Gasteiger partial charge >= 0.3 is 0 Å². The molecule has 2 saturated heterocycles. The van der Waals surface area contributed by atoms with Gasteiger partial charge in [0.15, 0.2) is 0 Å². The van der Waals surface area contributed by atoms with Gasteiger partial charge in [0, 0.05) is 32.2 Å². The smallest absolute Gasteiger partial charge is 0.282 e. The van der Waals surface area contributed by atoms with Crippen molar-refractivity contribution in [2.24, 2.45) is 5.10 Å². The molecule has 3 heterocycles. The molecule has 1 aromatic heterocycles. The summed E-state index contributed by atoms with van der Waals surface area (Å²) in [6.07, 6.45) is 7.97. The largest absolute Gasteiger partial charge is 0.506 e. The first kappa shape index (κ1) is 22.2.